The molecule has 33 heavy (non-hydrogen) atoms. The molecule has 5 rings (SSSR count). The number of benzene rings is 2. The van der Waals surface area contributed by atoms with Crippen molar-refractivity contribution in [2.24, 2.45) is 5.92 Å². The van der Waals surface area contributed by atoms with Crippen LogP contribution in [-0.4, -0.2) is 31.8 Å². The van der Waals surface area contributed by atoms with Crippen molar-refractivity contribution in [2.75, 3.05) is 6.54 Å². The van der Waals surface area contributed by atoms with Crippen molar-refractivity contribution in [3.63, 3.8) is 0 Å². The van der Waals surface area contributed by atoms with Crippen LogP contribution in [0.15, 0.2) is 59.8 Å². The third-order valence-corrected chi connectivity index (χ3v) is 6.69. The highest BCUT2D eigenvalue weighted by Gasteiger charge is 2.17. The van der Waals surface area contributed by atoms with Crippen molar-refractivity contribution in [3.8, 4) is 0 Å². The van der Waals surface area contributed by atoms with Gasteiger partial charge in [-0.3, -0.25) is 14.2 Å². The van der Waals surface area contributed by atoms with Gasteiger partial charge in [-0.25, -0.2) is 9.67 Å². The summed E-state index contributed by atoms with van der Waals surface area (Å²) in [5, 5.41) is 10.1. The number of nitrogens with zero attached hydrogens (tertiary/aromatic N) is 4. The largest absolute Gasteiger partial charge is 0.354 e. The van der Waals surface area contributed by atoms with E-state index >= 15 is 0 Å². The Morgan fingerprint density at radius 2 is 1.85 bits per heavy atom. The second-order valence-electron chi connectivity index (χ2n) is 8.98. The van der Waals surface area contributed by atoms with E-state index in [2.05, 4.69) is 33.6 Å². The summed E-state index contributed by atoms with van der Waals surface area (Å²) in [5.74, 6) is 0.620. The number of hydrogen-bond acceptors (Lipinski definition) is 4. The molecule has 1 saturated carbocycles. The summed E-state index contributed by atoms with van der Waals surface area (Å²) >= 11 is 0. The summed E-state index contributed by atoms with van der Waals surface area (Å²) < 4.78 is 3.32. The van der Waals surface area contributed by atoms with Crippen LogP contribution >= 0.6 is 0 Å². The highest BCUT2D eigenvalue weighted by atomic mass is 16.1. The molecule has 2 heterocycles. The number of rotatable bonds is 7. The molecule has 2 aromatic heterocycles. The average Bonchev–Trinajstić information content (AvgIpc) is 3.25. The van der Waals surface area contributed by atoms with Crippen LogP contribution in [-0.2, 0) is 17.9 Å². The van der Waals surface area contributed by atoms with Gasteiger partial charge in [0.1, 0.15) is 11.7 Å². The van der Waals surface area contributed by atoms with E-state index in [0.717, 1.165) is 29.2 Å². The van der Waals surface area contributed by atoms with Crippen LogP contribution < -0.4 is 10.9 Å². The summed E-state index contributed by atoms with van der Waals surface area (Å²) in [7, 11) is 0. The summed E-state index contributed by atoms with van der Waals surface area (Å²) in [4.78, 5) is 29.9. The number of carbonyl (C=O) groups is 1. The first kappa shape index (κ1) is 21.4. The summed E-state index contributed by atoms with van der Waals surface area (Å²) in [6, 6.07) is 14.3. The van der Waals surface area contributed by atoms with E-state index < -0.39 is 0 Å². The zero-order valence-corrected chi connectivity index (χ0v) is 18.7. The zero-order valence-electron chi connectivity index (χ0n) is 18.7. The lowest BCUT2D eigenvalue weighted by Crippen LogP contribution is -2.29. The minimum absolute atomic E-state index is 0.101. The van der Waals surface area contributed by atoms with Crippen LogP contribution in [0.25, 0.3) is 21.8 Å². The first-order chi connectivity index (χ1) is 16.2. The van der Waals surface area contributed by atoms with Crippen LogP contribution in [0, 0.1) is 5.92 Å². The Morgan fingerprint density at radius 3 is 2.73 bits per heavy atom. The van der Waals surface area contributed by atoms with E-state index in [4.69, 9.17) is 0 Å². The Hall–Kier alpha value is -3.48. The summed E-state index contributed by atoms with van der Waals surface area (Å²) in [5.41, 5.74) is 1.51. The fourth-order valence-corrected chi connectivity index (χ4v) is 4.91. The lowest BCUT2D eigenvalue weighted by Gasteiger charge is -2.20. The Morgan fingerprint density at radius 1 is 1.03 bits per heavy atom. The van der Waals surface area contributed by atoms with E-state index in [1.807, 2.05) is 24.3 Å². The van der Waals surface area contributed by atoms with Gasteiger partial charge in [0.25, 0.3) is 5.56 Å². The van der Waals surface area contributed by atoms with E-state index in [1.165, 1.54) is 19.3 Å². The monoisotopic (exact) mass is 443 g/mol. The van der Waals surface area contributed by atoms with Gasteiger partial charge in [-0.05, 0) is 35.1 Å². The minimum Gasteiger partial charge on any atom is -0.354 e. The fraction of sp³-hybridized carbons (Fsp3) is 0.385. The van der Waals surface area contributed by atoms with Crippen molar-refractivity contribution >= 4 is 27.7 Å². The predicted molar refractivity (Wildman–Crippen MR) is 129 cm³/mol. The fourth-order valence-electron chi connectivity index (χ4n) is 4.91. The molecule has 1 amide bonds. The Bertz CT molecular complexity index is 1330. The van der Waals surface area contributed by atoms with E-state index in [0.29, 0.717) is 43.0 Å². The average molecular weight is 444 g/mol. The van der Waals surface area contributed by atoms with Gasteiger partial charge in [0.2, 0.25) is 5.91 Å². The second-order valence-corrected chi connectivity index (χ2v) is 8.98. The molecule has 0 unspecified atom stereocenters. The number of nitrogens with one attached hydrogen (secondary N) is 1. The van der Waals surface area contributed by atoms with E-state index in [1.54, 1.807) is 21.8 Å². The van der Waals surface area contributed by atoms with Gasteiger partial charge >= 0.3 is 0 Å². The second kappa shape index (κ2) is 9.57. The Kier molecular flexibility index (Phi) is 6.19. The molecular weight excluding hydrogens is 414 g/mol. The van der Waals surface area contributed by atoms with Gasteiger partial charge in [0.05, 0.1) is 19.3 Å². The van der Waals surface area contributed by atoms with Crippen LogP contribution in [0.4, 0.5) is 0 Å². The lowest BCUT2D eigenvalue weighted by molar-refractivity contribution is -0.122. The van der Waals surface area contributed by atoms with Gasteiger partial charge in [-0.15, -0.1) is 0 Å². The maximum Gasteiger partial charge on any atom is 0.264 e. The van der Waals surface area contributed by atoms with Gasteiger partial charge < -0.3 is 5.32 Å². The van der Waals surface area contributed by atoms with Crippen molar-refractivity contribution in [1.82, 2.24) is 24.6 Å². The van der Waals surface area contributed by atoms with Gasteiger partial charge in [0, 0.05) is 13.0 Å². The molecule has 7 heteroatoms. The first-order valence-corrected chi connectivity index (χ1v) is 11.8. The van der Waals surface area contributed by atoms with Gasteiger partial charge in [0.15, 0.2) is 5.65 Å². The molecule has 1 aliphatic carbocycles. The third-order valence-electron chi connectivity index (χ3n) is 6.69. The zero-order chi connectivity index (χ0) is 22.6. The topological polar surface area (TPSA) is 81.8 Å². The van der Waals surface area contributed by atoms with Crippen LogP contribution in [0.3, 0.4) is 0 Å². The molecule has 7 nitrogen and oxygen atoms in total. The number of hydrogen-bond donors (Lipinski definition) is 1. The van der Waals surface area contributed by atoms with Crippen molar-refractivity contribution in [2.45, 2.75) is 51.6 Å². The summed E-state index contributed by atoms with van der Waals surface area (Å²) in [6.45, 7) is 1.41. The molecule has 1 N–H and O–H groups in total. The van der Waals surface area contributed by atoms with E-state index in [9.17, 15) is 9.59 Å². The quantitative estimate of drug-likeness (QED) is 0.470. The molecule has 170 valence electrons. The number of carbonyl (C=O) groups excluding carboxylic acids is 1. The SMILES string of the molecule is O=C(CC1CCCCC1)NCCn1ncc2c(=O)n(Cc3cccc4ccccc34)cnc21. The van der Waals surface area contributed by atoms with Crippen LogP contribution in [0.2, 0.25) is 0 Å². The molecule has 2 aromatic carbocycles. The molecular formula is C26H29N5O2. The molecule has 0 saturated heterocycles. The Balaban J connectivity index is 1.26. The molecule has 0 spiro atoms. The third kappa shape index (κ3) is 4.67. The molecule has 0 bridgehead atoms. The Labute approximate surface area is 192 Å². The molecule has 0 atom stereocenters. The van der Waals surface area contributed by atoms with Crippen molar-refractivity contribution in [3.05, 3.63) is 70.9 Å². The number of aromatic nitrogens is 4. The summed E-state index contributed by atoms with van der Waals surface area (Å²) in [6.07, 6.45) is 9.86. The lowest BCUT2D eigenvalue weighted by atomic mass is 9.87. The molecule has 0 radical (unpaired) electrons. The standard InChI is InChI=1S/C26H29N5O2/c32-24(15-19-7-2-1-3-8-19)27-13-14-31-25-23(16-29-31)26(33)30(18-28-25)17-21-11-6-10-20-9-4-5-12-22(20)21/h4-6,9-12,16,18-19H,1-3,7-8,13-15,17H2,(H,27,32). The maximum atomic E-state index is 13.1. The first-order valence-electron chi connectivity index (χ1n) is 11.8. The van der Waals surface area contributed by atoms with Crippen molar-refractivity contribution < 1.29 is 4.79 Å². The normalized spacial score (nSPS) is 14.7. The highest BCUT2D eigenvalue weighted by molar-refractivity contribution is 5.85. The highest BCUT2D eigenvalue weighted by Crippen LogP contribution is 2.26. The van der Waals surface area contributed by atoms with Gasteiger partial charge in [-0.1, -0.05) is 61.7 Å². The van der Waals surface area contributed by atoms with E-state index in [-0.39, 0.29) is 11.5 Å². The minimum atomic E-state index is -0.111. The number of fused-ring (bicyclic) bond motifs is 2. The molecule has 0 aliphatic heterocycles. The maximum absolute atomic E-state index is 13.1. The van der Waals surface area contributed by atoms with Crippen LogP contribution in [0.5, 0.6) is 0 Å². The van der Waals surface area contributed by atoms with Crippen LogP contribution in [0.1, 0.15) is 44.1 Å². The molecule has 1 fully saturated rings. The molecule has 1 aliphatic rings. The number of amides is 1. The van der Waals surface area contributed by atoms with Gasteiger partial charge in [-0.2, -0.15) is 5.10 Å². The smallest absolute Gasteiger partial charge is 0.264 e. The molecule has 4 aromatic rings. The predicted octanol–water partition coefficient (Wildman–Crippen LogP) is 3.88. The van der Waals surface area contributed by atoms with Crippen molar-refractivity contribution in [1.29, 1.82) is 0 Å².